The molecule has 1 saturated heterocycles. The van der Waals surface area contributed by atoms with Crippen LogP contribution in [0.25, 0.3) is 0 Å². The molecular weight excluding hydrogens is 364 g/mol. The Hall–Kier alpha value is -3.41. The normalized spacial score (nSPS) is 14.4. The van der Waals surface area contributed by atoms with Crippen LogP contribution in [0, 0.1) is 0 Å². The lowest BCUT2D eigenvalue weighted by atomic mass is 10.1. The Morgan fingerprint density at radius 3 is 2.45 bits per heavy atom. The van der Waals surface area contributed by atoms with Gasteiger partial charge in [-0.1, -0.05) is 30.3 Å². The maximum atomic E-state index is 12.5. The number of anilines is 2. The Balaban J connectivity index is 1.35. The largest absolute Gasteiger partial charge is 0.470 e. The second-order valence-corrected chi connectivity index (χ2v) is 7.11. The fourth-order valence-corrected chi connectivity index (χ4v) is 3.35. The highest BCUT2D eigenvalue weighted by Crippen LogP contribution is 2.21. The summed E-state index contributed by atoms with van der Waals surface area (Å²) in [6.45, 7) is 4.06. The summed E-state index contributed by atoms with van der Waals surface area (Å²) < 4.78 is 5.86. The number of pyridine rings is 2. The third kappa shape index (κ3) is 4.71. The van der Waals surface area contributed by atoms with Crippen molar-refractivity contribution in [1.29, 1.82) is 0 Å². The number of hydrogen-bond acceptors (Lipinski definition) is 5. The van der Waals surface area contributed by atoms with Gasteiger partial charge < -0.3 is 15.0 Å². The van der Waals surface area contributed by atoms with Crippen molar-refractivity contribution >= 4 is 17.4 Å². The number of nitrogens with one attached hydrogen (secondary N) is 1. The predicted molar refractivity (Wildman–Crippen MR) is 113 cm³/mol. The maximum absolute atomic E-state index is 12.5. The summed E-state index contributed by atoms with van der Waals surface area (Å²) in [5.41, 5.74) is 2.20. The van der Waals surface area contributed by atoms with Crippen LogP contribution >= 0.6 is 0 Å². The molecule has 3 aromatic rings. The zero-order chi connectivity index (χ0) is 20.1. The molecule has 2 aromatic heterocycles. The Bertz CT molecular complexity index is 937. The zero-order valence-electron chi connectivity index (χ0n) is 16.4. The van der Waals surface area contributed by atoms with Crippen molar-refractivity contribution in [3.8, 4) is 5.88 Å². The van der Waals surface area contributed by atoms with Gasteiger partial charge in [-0.05, 0) is 43.5 Å². The van der Waals surface area contributed by atoms with Crippen molar-refractivity contribution in [2.45, 2.75) is 25.9 Å². The van der Waals surface area contributed by atoms with Crippen molar-refractivity contribution in [3.05, 3.63) is 78.1 Å². The Kier molecular flexibility index (Phi) is 5.70. The number of aromatic nitrogens is 2. The number of benzene rings is 1. The third-order valence-corrected chi connectivity index (χ3v) is 5.00. The van der Waals surface area contributed by atoms with Crippen LogP contribution in [0.4, 0.5) is 11.5 Å². The molecule has 6 heteroatoms. The average molecular weight is 388 g/mol. The van der Waals surface area contributed by atoms with Crippen molar-refractivity contribution < 1.29 is 9.53 Å². The lowest BCUT2D eigenvalue weighted by Gasteiger charge is -2.16. The minimum absolute atomic E-state index is 0.122. The average Bonchev–Trinajstić information content (AvgIpc) is 3.30. The highest BCUT2D eigenvalue weighted by molar-refractivity contribution is 6.04. The van der Waals surface area contributed by atoms with Gasteiger partial charge in [-0.15, -0.1) is 0 Å². The van der Waals surface area contributed by atoms with Gasteiger partial charge in [0.05, 0.1) is 17.4 Å². The second kappa shape index (κ2) is 8.73. The van der Waals surface area contributed by atoms with Gasteiger partial charge in [0.25, 0.3) is 5.91 Å². The molecule has 1 aliphatic heterocycles. The minimum atomic E-state index is -0.226. The van der Waals surface area contributed by atoms with Gasteiger partial charge in [-0.2, -0.15) is 0 Å². The molecule has 1 N–H and O–H groups in total. The van der Waals surface area contributed by atoms with E-state index in [1.54, 1.807) is 18.3 Å². The number of rotatable bonds is 6. The van der Waals surface area contributed by atoms with E-state index in [4.69, 9.17) is 4.74 Å². The molecule has 6 nitrogen and oxygen atoms in total. The monoisotopic (exact) mass is 388 g/mol. The molecule has 0 aliphatic carbocycles. The molecule has 1 fully saturated rings. The molecule has 0 bridgehead atoms. The SMILES string of the molecule is C[C@H](Oc1ccc(C(=O)Nc2ccc(N3CCCC3)nc2)cn1)c1ccccc1. The summed E-state index contributed by atoms with van der Waals surface area (Å²) >= 11 is 0. The van der Waals surface area contributed by atoms with Gasteiger partial charge in [-0.3, -0.25) is 4.79 Å². The van der Waals surface area contributed by atoms with Crippen LogP contribution < -0.4 is 15.0 Å². The van der Waals surface area contributed by atoms with Gasteiger partial charge in [0.1, 0.15) is 11.9 Å². The van der Waals surface area contributed by atoms with Gasteiger partial charge in [0.2, 0.25) is 5.88 Å². The van der Waals surface area contributed by atoms with Gasteiger partial charge >= 0.3 is 0 Å². The van der Waals surface area contributed by atoms with Crippen molar-refractivity contribution in [2.24, 2.45) is 0 Å². The van der Waals surface area contributed by atoms with Crippen LogP contribution in [0.5, 0.6) is 5.88 Å². The van der Waals surface area contributed by atoms with Gasteiger partial charge in [-0.25, -0.2) is 9.97 Å². The van der Waals surface area contributed by atoms with E-state index in [1.807, 2.05) is 49.4 Å². The first-order valence-electron chi connectivity index (χ1n) is 9.89. The summed E-state index contributed by atoms with van der Waals surface area (Å²) in [5.74, 6) is 1.21. The summed E-state index contributed by atoms with van der Waals surface area (Å²) in [7, 11) is 0. The Labute approximate surface area is 170 Å². The van der Waals surface area contributed by atoms with Crippen LogP contribution in [0.1, 0.15) is 41.8 Å². The van der Waals surface area contributed by atoms with E-state index < -0.39 is 0 Å². The molecule has 0 unspecified atom stereocenters. The molecule has 0 saturated carbocycles. The summed E-state index contributed by atoms with van der Waals surface area (Å²) in [4.78, 5) is 23.5. The fraction of sp³-hybridized carbons (Fsp3) is 0.261. The van der Waals surface area contributed by atoms with Crippen LogP contribution in [-0.4, -0.2) is 29.0 Å². The molecule has 1 aliphatic rings. The van der Waals surface area contributed by atoms with Crippen molar-refractivity contribution in [2.75, 3.05) is 23.3 Å². The topological polar surface area (TPSA) is 67.3 Å². The summed E-state index contributed by atoms with van der Waals surface area (Å²) in [6.07, 6.45) is 5.50. The van der Waals surface area contributed by atoms with E-state index in [0.717, 1.165) is 24.5 Å². The summed E-state index contributed by atoms with van der Waals surface area (Å²) in [5, 5.41) is 2.86. The first-order chi connectivity index (χ1) is 14.2. The van der Waals surface area contributed by atoms with E-state index in [9.17, 15) is 4.79 Å². The standard InChI is InChI=1S/C23H24N4O2/c1-17(18-7-3-2-4-8-18)29-22-12-9-19(15-25-22)23(28)26-20-10-11-21(24-16-20)27-13-5-6-14-27/h2-4,7-12,15-17H,5-6,13-14H2,1H3,(H,26,28)/t17-/m0/s1. The molecule has 3 heterocycles. The number of amides is 1. The Morgan fingerprint density at radius 1 is 1.00 bits per heavy atom. The molecule has 0 spiro atoms. The van der Waals surface area contributed by atoms with Crippen LogP contribution in [-0.2, 0) is 0 Å². The van der Waals surface area contributed by atoms with Crippen LogP contribution in [0.2, 0.25) is 0 Å². The van der Waals surface area contributed by atoms with E-state index in [2.05, 4.69) is 20.2 Å². The summed E-state index contributed by atoms with van der Waals surface area (Å²) in [6, 6.07) is 17.2. The van der Waals surface area contributed by atoms with E-state index in [-0.39, 0.29) is 12.0 Å². The Morgan fingerprint density at radius 2 is 1.79 bits per heavy atom. The minimum Gasteiger partial charge on any atom is -0.470 e. The first-order valence-corrected chi connectivity index (χ1v) is 9.89. The van der Waals surface area contributed by atoms with Gasteiger partial charge in [0, 0.05) is 25.4 Å². The first kappa shape index (κ1) is 18.9. The molecule has 148 valence electrons. The number of nitrogens with zero attached hydrogens (tertiary/aromatic N) is 3. The number of carbonyl (C=O) groups excluding carboxylic acids is 1. The molecule has 1 amide bonds. The molecule has 29 heavy (non-hydrogen) atoms. The van der Waals surface area contributed by atoms with Crippen LogP contribution in [0.3, 0.4) is 0 Å². The smallest absolute Gasteiger partial charge is 0.257 e. The highest BCUT2D eigenvalue weighted by Gasteiger charge is 2.14. The molecule has 4 rings (SSSR count). The number of carbonyl (C=O) groups is 1. The van der Waals surface area contributed by atoms with Crippen molar-refractivity contribution in [3.63, 3.8) is 0 Å². The quantitative estimate of drug-likeness (QED) is 0.675. The zero-order valence-corrected chi connectivity index (χ0v) is 16.4. The molecular formula is C23H24N4O2. The van der Waals surface area contributed by atoms with E-state index in [1.165, 1.54) is 19.0 Å². The predicted octanol–water partition coefficient (Wildman–Crippen LogP) is 4.47. The highest BCUT2D eigenvalue weighted by atomic mass is 16.5. The lowest BCUT2D eigenvalue weighted by Crippen LogP contribution is -2.19. The molecule has 1 atom stereocenters. The van der Waals surface area contributed by atoms with Crippen molar-refractivity contribution in [1.82, 2.24) is 9.97 Å². The lowest BCUT2D eigenvalue weighted by molar-refractivity contribution is 0.102. The van der Waals surface area contributed by atoms with E-state index in [0.29, 0.717) is 17.1 Å². The van der Waals surface area contributed by atoms with E-state index >= 15 is 0 Å². The maximum Gasteiger partial charge on any atom is 0.257 e. The van der Waals surface area contributed by atoms with Gasteiger partial charge in [0.15, 0.2) is 0 Å². The third-order valence-electron chi connectivity index (χ3n) is 5.00. The van der Waals surface area contributed by atoms with Crippen LogP contribution in [0.15, 0.2) is 67.0 Å². The second-order valence-electron chi connectivity index (χ2n) is 7.11. The fourth-order valence-electron chi connectivity index (χ4n) is 3.35. The molecule has 1 aromatic carbocycles. The molecule has 0 radical (unpaired) electrons. The number of ether oxygens (including phenoxy) is 1. The number of hydrogen-bond donors (Lipinski definition) is 1.